The van der Waals surface area contributed by atoms with Crippen molar-refractivity contribution >= 4 is 22.8 Å². The Morgan fingerprint density at radius 1 is 0.405 bits per heavy atom. The van der Waals surface area contributed by atoms with E-state index in [0.717, 1.165) is 62.0 Å². The predicted octanol–water partition coefficient (Wildman–Crippen LogP) is 13.1. The van der Waals surface area contributed by atoms with Gasteiger partial charge in [0.25, 0.3) is 0 Å². The molecule has 0 saturated carbocycles. The molecule has 0 heterocycles. The third-order valence-corrected chi connectivity index (χ3v) is 8.31. The smallest absolute Gasteiger partial charge is 0.0639 e. The van der Waals surface area contributed by atoms with E-state index in [1.54, 1.807) is 0 Å². The summed E-state index contributed by atoms with van der Waals surface area (Å²) in [6.07, 6.45) is 24.1. The van der Waals surface area contributed by atoms with Crippen molar-refractivity contribution in [2.24, 2.45) is 9.98 Å². The van der Waals surface area contributed by atoms with Gasteiger partial charge in [0.05, 0.1) is 22.8 Å². The third-order valence-electron chi connectivity index (χ3n) is 8.31. The van der Waals surface area contributed by atoms with Crippen molar-refractivity contribution in [2.75, 3.05) is 0 Å². The van der Waals surface area contributed by atoms with Gasteiger partial charge >= 0.3 is 0 Å². The van der Waals surface area contributed by atoms with Crippen LogP contribution in [0.2, 0.25) is 0 Å². The zero-order valence-corrected chi connectivity index (χ0v) is 28.5. The molecule has 2 aromatic carbocycles. The van der Waals surface area contributed by atoms with Gasteiger partial charge in [0, 0.05) is 0 Å². The quantitative estimate of drug-likeness (QED) is 0.0934. The lowest BCUT2D eigenvalue weighted by molar-refractivity contribution is 0.708. The molecule has 42 heavy (non-hydrogen) atoms. The highest BCUT2D eigenvalue weighted by Crippen LogP contribution is 2.25. The molecule has 0 N–H and O–H groups in total. The van der Waals surface area contributed by atoms with Crippen LogP contribution >= 0.6 is 0 Å². The third kappa shape index (κ3) is 14.3. The number of aliphatic imine (C=N–C) groups is 2. The SMILES string of the molecule is CCCCCc1cc(CCCCC)cc(N=C(CC)C(CCCC)=Nc2cc(CCCCC)cc(CCCCC)c2)c1. The van der Waals surface area contributed by atoms with Gasteiger partial charge in [-0.05, 0) is 117 Å². The molecular formula is C40H64N2. The highest BCUT2D eigenvalue weighted by molar-refractivity contribution is 6.43. The van der Waals surface area contributed by atoms with Crippen molar-refractivity contribution in [1.82, 2.24) is 0 Å². The standard InChI is InChI=1S/C40H64N2/c1-7-13-18-22-33-27-34(23-19-14-8-2)30-37(29-33)41-39(12-6)40(26-17-11-5)42-38-31-35(24-20-15-9-3)28-36(32-38)25-21-16-10-4/h27-32H,7-26H2,1-6H3. The summed E-state index contributed by atoms with van der Waals surface area (Å²) in [7, 11) is 0. The van der Waals surface area contributed by atoms with Crippen LogP contribution < -0.4 is 0 Å². The van der Waals surface area contributed by atoms with Crippen LogP contribution in [0, 0.1) is 0 Å². The zero-order chi connectivity index (χ0) is 30.4. The molecule has 0 aromatic heterocycles. The Hall–Kier alpha value is -2.22. The topological polar surface area (TPSA) is 24.7 Å². The second-order valence-electron chi connectivity index (χ2n) is 12.4. The molecule has 2 aromatic rings. The van der Waals surface area contributed by atoms with E-state index in [4.69, 9.17) is 9.98 Å². The molecule has 0 aliphatic rings. The van der Waals surface area contributed by atoms with E-state index in [9.17, 15) is 0 Å². The van der Waals surface area contributed by atoms with Crippen LogP contribution in [0.1, 0.15) is 167 Å². The van der Waals surface area contributed by atoms with Gasteiger partial charge in [-0.2, -0.15) is 0 Å². The normalized spacial score (nSPS) is 12.3. The van der Waals surface area contributed by atoms with E-state index in [-0.39, 0.29) is 0 Å². The van der Waals surface area contributed by atoms with Crippen molar-refractivity contribution < 1.29 is 0 Å². The Morgan fingerprint density at radius 2 is 0.738 bits per heavy atom. The van der Waals surface area contributed by atoms with Gasteiger partial charge in [-0.25, -0.2) is 0 Å². The van der Waals surface area contributed by atoms with E-state index >= 15 is 0 Å². The summed E-state index contributed by atoms with van der Waals surface area (Å²) >= 11 is 0. The molecule has 2 heteroatoms. The summed E-state index contributed by atoms with van der Waals surface area (Å²) < 4.78 is 0. The molecule has 0 unspecified atom stereocenters. The van der Waals surface area contributed by atoms with Crippen molar-refractivity contribution in [1.29, 1.82) is 0 Å². The molecule has 0 amide bonds. The largest absolute Gasteiger partial charge is 0.252 e. The van der Waals surface area contributed by atoms with Crippen LogP contribution in [-0.2, 0) is 25.7 Å². The van der Waals surface area contributed by atoms with Gasteiger partial charge in [-0.1, -0.05) is 111 Å². The number of hydrogen-bond donors (Lipinski definition) is 0. The first-order valence-electron chi connectivity index (χ1n) is 18.0. The fraction of sp³-hybridized carbons (Fsp3) is 0.650. The van der Waals surface area contributed by atoms with E-state index in [1.165, 1.54) is 111 Å². The van der Waals surface area contributed by atoms with Crippen LogP contribution in [0.25, 0.3) is 0 Å². The van der Waals surface area contributed by atoms with Crippen molar-refractivity contribution in [3.63, 3.8) is 0 Å². The average Bonchev–Trinajstić information content (AvgIpc) is 2.98. The number of rotatable bonds is 23. The number of aryl methyl sites for hydroxylation is 4. The van der Waals surface area contributed by atoms with Crippen LogP contribution in [0.15, 0.2) is 46.4 Å². The van der Waals surface area contributed by atoms with E-state index in [1.807, 2.05) is 0 Å². The molecule has 2 nitrogen and oxygen atoms in total. The van der Waals surface area contributed by atoms with Gasteiger partial charge < -0.3 is 0 Å². The summed E-state index contributed by atoms with van der Waals surface area (Å²) in [5, 5.41) is 0. The predicted molar refractivity (Wildman–Crippen MR) is 190 cm³/mol. The Morgan fingerprint density at radius 3 is 1.05 bits per heavy atom. The molecule has 0 atom stereocenters. The summed E-state index contributed by atoms with van der Waals surface area (Å²) in [6, 6.07) is 14.3. The first kappa shape index (κ1) is 36.0. The van der Waals surface area contributed by atoms with Gasteiger partial charge in [-0.3, -0.25) is 9.98 Å². The second-order valence-corrected chi connectivity index (χ2v) is 12.4. The lowest BCUT2D eigenvalue weighted by Crippen LogP contribution is -2.13. The minimum absolute atomic E-state index is 0.910. The molecule has 2 rings (SSSR count). The molecule has 0 fully saturated rings. The Labute approximate surface area is 260 Å². The summed E-state index contributed by atoms with van der Waals surface area (Å²) in [6.45, 7) is 13.7. The maximum Gasteiger partial charge on any atom is 0.0639 e. The van der Waals surface area contributed by atoms with Crippen LogP contribution in [0.4, 0.5) is 11.4 Å². The number of hydrogen-bond acceptors (Lipinski definition) is 2. The van der Waals surface area contributed by atoms with Crippen molar-refractivity contribution in [3.8, 4) is 0 Å². The average molecular weight is 573 g/mol. The van der Waals surface area contributed by atoms with E-state index < -0.39 is 0 Å². The summed E-state index contributed by atoms with van der Waals surface area (Å²) in [4.78, 5) is 10.7. The molecular weight excluding hydrogens is 508 g/mol. The minimum atomic E-state index is 0.910. The molecule has 0 aliphatic heterocycles. The molecule has 0 saturated heterocycles. The molecule has 0 spiro atoms. The van der Waals surface area contributed by atoms with Gasteiger partial charge in [-0.15, -0.1) is 0 Å². The fourth-order valence-electron chi connectivity index (χ4n) is 5.78. The maximum atomic E-state index is 5.39. The van der Waals surface area contributed by atoms with Gasteiger partial charge in [0.2, 0.25) is 0 Å². The lowest BCUT2D eigenvalue weighted by Gasteiger charge is -2.13. The number of benzene rings is 2. The number of nitrogens with zero attached hydrogens (tertiary/aromatic N) is 2. The van der Waals surface area contributed by atoms with E-state index in [2.05, 4.69) is 77.9 Å². The van der Waals surface area contributed by atoms with Crippen LogP contribution in [0.3, 0.4) is 0 Å². The fourth-order valence-corrected chi connectivity index (χ4v) is 5.78. The Kier molecular flexibility index (Phi) is 19.1. The van der Waals surface area contributed by atoms with Crippen molar-refractivity contribution in [3.05, 3.63) is 58.7 Å². The molecule has 0 aliphatic carbocycles. The zero-order valence-electron chi connectivity index (χ0n) is 28.5. The molecule has 0 bridgehead atoms. The highest BCUT2D eigenvalue weighted by atomic mass is 14.8. The Balaban J connectivity index is 2.49. The monoisotopic (exact) mass is 573 g/mol. The van der Waals surface area contributed by atoms with Gasteiger partial charge in [0.1, 0.15) is 0 Å². The molecule has 0 radical (unpaired) electrons. The van der Waals surface area contributed by atoms with Crippen molar-refractivity contribution in [2.45, 2.75) is 170 Å². The molecule has 234 valence electrons. The lowest BCUT2D eigenvalue weighted by atomic mass is 9.99. The Bertz CT molecular complexity index is 1000. The first-order chi connectivity index (χ1) is 20.6. The number of unbranched alkanes of at least 4 members (excludes halogenated alkanes) is 9. The summed E-state index contributed by atoms with van der Waals surface area (Å²) in [5.74, 6) is 0. The van der Waals surface area contributed by atoms with Crippen LogP contribution in [-0.4, -0.2) is 11.4 Å². The van der Waals surface area contributed by atoms with Crippen LogP contribution in [0.5, 0.6) is 0 Å². The maximum absolute atomic E-state index is 5.39. The highest BCUT2D eigenvalue weighted by Gasteiger charge is 2.11. The van der Waals surface area contributed by atoms with Gasteiger partial charge in [0.15, 0.2) is 0 Å². The van der Waals surface area contributed by atoms with E-state index in [0.29, 0.717) is 0 Å². The first-order valence-corrected chi connectivity index (χ1v) is 18.0. The summed E-state index contributed by atoms with van der Waals surface area (Å²) in [5.41, 5.74) is 10.4. The minimum Gasteiger partial charge on any atom is -0.252 e. The second kappa shape index (κ2) is 22.3.